The molecule has 1 nitrogen and oxygen atoms in total. The first kappa shape index (κ1) is 10.3. The summed E-state index contributed by atoms with van der Waals surface area (Å²) in [6.45, 7) is 5.92. The zero-order valence-electron chi connectivity index (χ0n) is 6.93. The maximum absolute atomic E-state index is 11.0. The van der Waals surface area contributed by atoms with E-state index >= 15 is 0 Å². The van der Waals surface area contributed by atoms with Crippen LogP contribution in [0.2, 0.25) is 0 Å². The zero-order chi connectivity index (χ0) is 7.98. The molecule has 1 radical (unpaired) electrons. The van der Waals surface area contributed by atoms with Gasteiger partial charge in [0.05, 0.1) is 6.26 Å². The summed E-state index contributed by atoms with van der Waals surface area (Å²) in [6, 6.07) is 0. The smallest absolute Gasteiger partial charge is 0.115 e. The van der Waals surface area contributed by atoms with Gasteiger partial charge in [-0.25, -0.2) is 0 Å². The third-order valence-electron chi connectivity index (χ3n) is 1.67. The highest BCUT2D eigenvalue weighted by Gasteiger charge is 2.13. The van der Waals surface area contributed by atoms with Crippen molar-refractivity contribution in [2.24, 2.45) is 0 Å². The average Bonchev–Trinajstić information content (AvgIpc) is 1.89. The molecular weight excluding hydrogens is 144 g/mol. The second-order valence-corrected chi connectivity index (χ2v) is 4.22. The Morgan fingerprint density at radius 1 is 1.60 bits per heavy atom. The summed E-state index contributed by atoms with van der Waals surface area (Å²) >= 11 is -0.667. The van der Waals surface area contributed by atoms with Gasteiger partial charge in [-0.2, -0.15) is 0 Å². The highest BCUT2D eigenvalue weighted by Crippen LogP contribution is 2.11. The molecule has 0 aromatic rings. The van der Waals surface area contributed by atoms with Crippen molar-refractivity contribution in [1.82, 2.24) is 0 Å². The molecule has 0 amide bonds. The molecule has 0 aliphatic carbocycles. The quantitative estimate of drug-likeness (QED) is 0.567. The Morgan fingerprint density at radius 2 is 2.20 bits per heavy atom. The molecule has 0 heterocycles. The molecule has 0 saturated heterocycles. The van der Waals surface area contributed by atoms with Crippen LogP contribution in [0.1, 0.15) is 32.6 Å². The number of unbranched alkanes of at least 4 members (excludes halogenated alkanes) is 1. The van der Waals surface area contributed by atoms with Crippen molar-refractivity contribution < 1.29 is 4.55 Å². The standard InChI is InChI=1S/C8H17OS/c1-4-6-7-8(5-2)10(3)9/h8H,2,4-7H2,1,3H3. The second-order valence-electron chi connectivity index (χ2n) is 2.55. The van der Waals surface area contributed by atoms with Gasteiger partial charge < -0.3 is 4.55 Å². The second kappa shape index (κ2) is 6.05. The summed E-state index contributed by atoms with van der Waals surface area (Å²) < 4.78 is 11.0. The van der Waals surface area contributed by atoms with E-state index in [9.17, 15) is 4.55 Å². The Morgan fingerprint density at radius 3 is 2.50 bits per heavy atom. The topological polar surface area (TPSA) is 23.1 Å². The summed E-state index contributed by atoms with van der Waals surface area (Å²) in [6.07, 6.45) is 6.02. The highest BCUT2D eigenvalue weighted by atomic mass is 32.2. The Hall–Kier alpha value is 0.310. The molecule has 61 valence electrons. The van der Waals surface area contributed by atoms with Crippen LogP contribution in [0.15, 0.2) is 0 Å². The predicted molar refractivity (Wildman–Crippen MR) is 47.4 cm³/mol. The molecule has 2 unspecified atom stereocenters. The van der Waals surface area contributed by atoms with Crippen LogP contribution in [-0.4, -0.2) is 16.1 Å². The van der Waals surface area contributed by atoms with Crippen LogP contribution < -0.4 is 0 Å². The lowest BCUT2D eigenvalue weighted by atomic mass is 10.2. The molecule has 0 aliphatic heterocycles. The van der Waals surface area contributed by atoms with Crippen molar-refractivity contribution in [1.29, 1.82) is 0 Å². The minimum absolute atomic E-state index is 0.333. The largest absolute Gasteiger partial charge is 0.616 e. The first-order valence-electron chi connectivity index (χ1n) is 3.83. The van der Waals surface area contributed by atoms with E-state index < -0.39 is 11.2 Å². The van der Waals surface area contributed by atoms with Crippen LogP contribution in [0, 0.1) is 6.92 Å². The van der Waals surface area contributed by atoms with E-state index in [-0.39, 0.29) is 0 Å². The molecule has 2 atom stereocenters. The van der Waals surface area contributed by atoms with E-state index in [0.717, 1.165) is 12.8 Å². The first-order valence-corrected chi connectivity index (χ1v) is 5.46. The lowest BCUT2D eigenvalue weighted by Crippen LogP contribution is -2.18. The van der Waals surface area contributed by atoms with Crippen LogP contribution in [0.3, 0.4) is 0 Å². The predicted octanol–water partition coefficient (Wildman–Crippen LogP) is 2.15. The van der Waals surface area contributed by atoms with E-state index in [4.69, 9.17) is 0 Å². The minimum atomic E-state index is -0.667. The Balaban J connectivity index is 3.40. The molecule has 0 aliphatic rings. The van der Waals surface area contributed by atoms with Crippen LogP contribution in [0.4, 0.5) is 0 Å². The van der Waals surface area contributed by atoms with Gasteiger partial charge in [0, 0.05) is 0 Å². The fourth-order valence-corrected chi connectivity index (χ4v) is 1.74. The van der Waals surface area contributed by atoms with Gasteiger partial charge in [-0.15, -0.1) is 0 Å². The lowest BCUT2D eigenvalue weighted by molar-refractivity contribution is 0.568. The van der Waals surface area contributed by atoms with E-state index in [1.165, 1.54) is 12.8 Å². The van der Waals surface area contributed by atoms with Crippen molar-refractivity contribution in [2.45, 2.75) is 37.9 Å². The van der Waals surface area contributed by atoms with Gasteiger partial charge in [0.25, 0.3) is 0 Å². The summed E-state index contributed by atoms with van der Waals surface area (Å²) in [5, 5.41) is 0.333. The van der Waals surface area contributed by atoms with Crippen molar-refractivity contribution >= 4 is 11.2 Å². The monoisotopic (exact) mass is 161 g/mol. The van der Waals surface area contributed by atoms with Gasteiger partial charge in [-0.1, -0.05) is 24.5 Å². The normalized spacial score (nSPS) is 16.8. The molecule has 10 heavy (non-hydrogen) atoms. The molecule has 2 heteroatoms. The number of hydrogen-bond acceptors (Lipinski definition) is 1. The summed E-state index contributed by atoms with van der Waals surface area (Å²) in [4.78, 5) is 0. The van der Waals surface area contributed by atoms with E-state index in [0.29, 0.717) is 5.25 Å². The van der Waals surface area contributed by atoms with Gasteiger partial charge >= 0.3 is 0 Å². The van der Waals surface area contributed by atoms with Gasteiger partial charge in [0.1, 0.15) is 5.25 Å². The minimum Gasteiger partial charge on any atom is -0.616 e. The molecule has 0 spiro atoms. The van der Waals surface area contributed by atoms with Crippen LogP contribution in [0.5, 0.6) is 0 Å². The third-order valence-corrected chi connectivity index (χ3v) is 3.08. The van der Waals surface area contributed by atoms with Crippen molar-refractivity contribution in [2.75, 3.05) is 6.26 Å². The SMILES string of the molecule is [CH2]CC(CCCC)[S+](C)[O-]. The first-order chi connectivity index (χ1) is 4.72. The Kier molecular flexibility index (Phi) is 6.24. The van der Waals surface area contributed by atoms with Gasteiger partial charge in [0.2, 0.25) is 0 Å². The van der Waals surface area contributed by atoms with Gasteiger partial charge in [-0.05, 0) is 26.2 Å². The van der Waals surface area contributed by atoms with Crippen molar-refractivity contribution in [3.63, 3.8) is 0 Å². The molecule has 0 bridgehead atoms. The van der Waals surface area contributed by atoms with Crippen molar-refractivity contribution in [3.05, 3.63) is 6.92 Å². The third kappa shape index (κ3) is 4.18. The summed E-state index contributed by atoms with van der Waals surface area (Å²) in [5.41, 5.74) is 0. The zero-order valence-corrected chi connectivity index (χ0v) is 7.75. The molecule has 0 rings (SSSR count). The lowest BCUT2D eigenvalue weighted by Gasteiger charge is -2.15. The van der Waals surface area contributed by atoms with Crippen LogP contribution >= 0.6 is 0 Å². The van der Waals surface area contributed by atoms with Crippen molar-refractivity contribution in [3.8, 4) is 0 Å². The number of rotatable bonds is 5. The van der Waals surface area contributed by atoms with E-state index in [2.05, 4.69) is 13.8 Å². The van der Waals surface area contributed by atoms with Gasteiger partial charge in [-0.3, -0.25) is 0 Å². The highest BCUT2D eigenvalue weighted by molar-refractivity contribution is 7.91. The molecular formula is C8H17OS. The maximum atomic E-state index is 11.0. The maximum Gasteiger partial charge on any atom is 0.115 e. The summed E-state index contributed by atoms with van der Waals surface area (Å²) in [5.74, 6) is 0. The molecule has 0 saturated carbocycles. The Bertz CT molecular complexity index is 73.7. The van der Waals surface area contributed by atoms with Crippen LogP contribution in [0.25, 0.3) is 0 Å². The molecule has 0 aromatic heterocycles. The van der Waals surface area contributed by atoms with E-state index in [1.54, 1.807) is 6.26 Å². The average molecular weight is 161 g/mol. The van der Waals surface area contributed by atoms with Crippen LogP contribution in [-0.2, 0) is 11.2 Å². The summed E-state index contributed by atoms with van der Waals surface area (Å²) in [7, 11) is 0. The molecule has 0 fully saturated rings. The van der Waals surface area contributed by atoms with E-state index in [1.807, 2.05) is 0 Å². The van der Waals surface area contributed by atoms with Gasteiger partial charge in [0.15, 0.2) is 0 Å². The Labute approximate surface area is 67.4 Å². The molecule has 0 aromatic carbocycles. The fourth-order valence-electron chi connectivity index (χ4n) is 0.908. The fraction of sp³-hybridized carbons (Fsp3) is 0.875. The number of hydrogen-bond donors (Lipinski definition) is 0. The molecule has 0 N–H and O–H groups in total.